The van der Waals surface area contributed by atoms with Crippen LogP contribution in [-0.4, -0.2) is 36.9 Å². The number of rotatable bonds is 8. The predicted octanol–water partition coefficient (Wildman–Crippen LogP) is 2.15. The molecule has 1 rings (SSSR count). The van der Waals surface area contributed by atoms with Gasteiger partial charge in [0.2, 0.25) is 0 Å². The monoisotopic (exact) mass is 288 g/mol. The van der Waals surface area contributed by atoms with Crippen molar-refractivity contribution in [3.8, 4) is 0 Å². The van der Waals surface area contributed by atoms with E-state index in [9.17, 15) is 0 Å². The normalized spacial score (nSPS) is 12.6. The largest absolute Gasteiger partial charge is 0.394 e. The number of halogens is 1. The molecule has 4 heteroatoms. The van der Waals surface area contributed by atoms with Gasteiger partial charge in [0.15, 0.2) is 0 Å². The van der Waals surface area contributed by atoms with Crippen molar-refractivity contribution in [1.82, 2.24) is 0 Å². The summed E-state index contributed by atoms with van der Waals surface area (Å²) < 4.78 is 10.8. The standard InChI is InChI=1S/C12H17BrO3/c13-10-12(11-4-2-1-3-5-11)16-9-8-15-7-6-14/h1-5,12,14H,6-10H2. The van der Waals surface area contributed by atoms with E-state index in [4.69, 9.17) is 14.6 Å². The summed E-state index contributed by atoms with van der Waals surface area (Å²) in [5, 5.41) is 9.29. The van der Waals surface area contributed by atoms with Crippen LogP contribution in [0.15, 0.2) is 30.3 Å². The Balaban J connectivity index is 2.27. The highest BCUT2D eigenvalue weighted by Gasteiger charge is 2.09. The lowest BCUT2D eigenvalue weighted by Gasteiger charge is -2.15. The molecule has 0 spiro atoms. The minimum absolute atomic E-state index is 0.0546. The fourth-order valence-corrected chi connectivity index (χ4v) is 1.87. The van der Waals surface area contributed by atoms with Gasteiger partial charge in [-0.15, -0.1) is 0 Å². The molecule has 0 bridgehead atoms. The fourth-order valence-electron chi connectivity index (χ4n) is 1.31. The molecule has 1 N–H and O–H groups in total. The van der Waals surface area contributed by atoms with Crippen molar-refractivity contribution in [2.24, 2.45) is 0 Å². The van der Waals surface area contributed by atoms with Crippen LogP contribution in [0.1, 0.15) is 11.7 Å². The van der Waals surface area contributed by atoms with Crippen LogP contribution in [0, 0.1) is 0 Å². The zero-order valence-electron chi connectivity index (χ0n) is 9.14. The molecule has 1 aromatic rings. The van der Waals surface area contributed by atoms with Gasteiger partial charge in [-0.1, -0.05) is 46.3 Å². The third-order valence-electron chi connectivity index (χ3n) is 2.09. The maximum Gasteiger partial charge on any atom is 0.0922 e. The summed E-state index contributed by atoms with van der Waals surface area (Å²) in [6, 6.07) is 10.1. The minimum Gasteiger partial charge on any atom is -0.394 e. The summed E-state index contributed by atoms with van der Waals surface area (Å²) in [7, 11) is 0. The van der Waals surface area contributed by atoms with Crippen molar-refractivity contribution >= 4 is 15.9 Å². The highest BCUT2D eigenvalue weighted by Crippen LogP contribution is 2.18. The average molecular weight is 289 g/mol. The van der Waals surface area contributed by atoms with Crippen molar-refractivity contribution in [3.05, 3.63) is 35.9 Å². The number of benzene rings is 1. The van der Waals surface area contributed by atoms with Crippen LogP contribution in [0.5, 0.6) is 0 Å². The Labute approximate surface area is 105 Å². The molecule has 0 amide bonds. The number of hydrogen-bond donors (Lipinski definition) is 1. The molecule has 0 aromatic heterocycles. The van der Waals surface area contributed by atoms with E-state index in [0.717, 1.165) is 10.9 Å². The Morgan fingerprint density at radius 1 is 1.12 bits per heavy atom. The van der Waals surface area contributed by atoms with Crippen molar-refractivity contribution < 1.29 is 14.6 Å². The summed E-state index contributed by atoms with van der Waals surface area (Å²) in [4.78, 5) is 0. The Morgan fingerprint density at radius 2 is 1.88 bits per heavy atom. The van der Waals surface area contributed by atoms with Crippen molar-refractivity contribution in [2.75, 3.05) is 31.8 Å². The summed E-state index contributed by atoms with van der Waals surface area (Å²) >= 11 is 3.43. The lowest BCUT2D eigenvalue weighted by atomic mass is 10.1. The Morgan fingerprint density at radius 3 is 2.50 bits per heavy atom. The molecule has 0 aliphatic heterocycles. The molecule has 0 radical (unpaired) electrons. The summed E-state index contributed by atoms with van der Waals surface area (Å²) in [5.41, 5.74) is 1.15. The number of hydrogen-bond acceptors (Lipinski definition) is 3. The molecule has 90 valence electrons. The van der Waals surface area contributed by atoms with E-state index in [-0.39, 0.29) is 12.7 Å². The molecule has 3 nitrogen and oxygen atoms in total. The second-order valence-electron chi connectivity index (χ2n) is 3.26. The topological polar surface area (TPSA) is 38.7 Å². The van der Waals surface area contributed by atoms with Crippen LogP contribution in [0.3, 0.4) is 0 Å². The van der Waals surface area contributed by atoms with Gasteiger partial charge in [-0.2, -0.15) is 0 Å². The average Bonchev–Trinajstić information content (AvgIpc) is 2.35. The first-order chi connectivity index (χ1) is 7.88. The fraction of sp³-hybridized carbons (Fsp3) is 0.500. The molecule has 1 unspecified atom stereocenters. The van der Waals surface area contributed by atoms with Gasteiger partial charge in [0.05, 0.1) is 32.5 Å². The van der Waals surface area contributed by atoms with Gasteiger partial charge in [-0.3, -0.25) is 0 Å². The molecular weight excluding hydrogens is 272 g/mol. The van der Waals surface area contributed by atoms with Gasteiger partial charge in [0.1, 0.15) is 0 Å². The third-order valence-corrected chi connectivity index (χ3v) is 2.68. The molecule has 0 aliphatic carbocycles. The number of alkyl halides is 1. The van der Waals surface area contributed by atoms with Crippen molar-refractivity contribution in [2.45, 2.75) is 6.10 Å². The number of aliphatic hydroxyl groups is 1. The summed E-state index contributed by atoms with van der Waals surface area (Å²) in [6.45, 7) is 1.47. The van der Waals surface area contributed by atoms with Gasteiger partial charge in [0.25, 0.3) is 0 Å². The van der Waals surface area contributed by atoms with E-state index in [1.807, 2.05) is 30.3 Å². The molecule has 0 saturated heterocycles. The van der Waals surface area contributed by atoms with Crippen LogP contribution in [0.25, 0.3) is 0 Å². The van der Waals surface area contributed by atoms with Gasteiger partial charge < -0.3 is 14.6 Å². The second-order valence-corrected chi connectivity index (χ2v) is 3.91. The van der Waals surface area contributed by atoms with Crippen LogP contribution >= 0.6 is 15.9 Å². The number of aliphatic hydroxyl groups excluding tert-OH is 1. The molecule has 0 heterocycles. The third kappa shape index (κ3) is 5.07. The van der Waals surface area contributed by atoms with E-state index >= 15 is 0 Å². The van der Waals surface area contributed by atoms with Crippen molar-refractivity contribution in [3.63, 3.8) is 0 Å². The first-order valence-corrected chi connectivity index (χ1v) is 6.41. The quantitative estimate of drug-likeness (QED) is 0.588. The first kappa shape index (κ1) is 13.6. The SMILES string of the molecule is OCCOCCOC(CBr)c1ccccc1. The smallest absolute Gasteiger partial charge is 0.0922 e. The molecular formula is C12H17BrO3. The zero-order valence-corrected chi connectivity index (χ0v) is 10.7. The molecule has 0 fully saturated rings. The summed E-state index contributed by atoms with van der Waals surface area (Å²) in [5.74, 6) is 0. The van der Waals surface area contributed by atoms with Crippen molar-refractivity contribution in [1.29, 1.82) is 0 Å². The lowest BCUT2D eigenvalue weighted by molar-refractivity contribution is 0.00543. The van der Waals surface area contributed by atoms with E-state index < -0.39 is 0 Å². The second kappa shape index (κ2) is 8.70. The minimum atomic E-state index is 0.0546. The van der Waals surface area contributed by atoms with Gasteiger partial charge in [-0.05, 0) is 5.56 Å². The maximum atomic E-state index is 8.53. The lowest BCUT2D eigenvalue weighted by Crippen LogP contribution is -2.12. The summed E-state index contributed by atoms with van der Waals surface area (Å²) in [6.07, 6.45) is 0.0546. The molecule has 1 aromatic carbocycles. The van der Waals surface area contributed by atoms with E-state index in [0.29, 0.717) is 19.8 Å². The van der Waals surface area contributed by atoms with Crippen LogP contribution in [0.2, 0.25) is 0 Å². The maximum absolute atomic E-state index is 8.53. The molecule has 1 atom stereocenters. The first-order valence-electron chi connectivity index (χ1n) is 5.29. The van der Waals surface area contributed by atoms with Crippen LogP contribution in [-0.2, 0) is 9.47 Å². The predicted molar refractivity (Wildman–Crippen MR) is 66.8 cm³/mol. The Bertz CT molecular complexity index is 266. The van der Waals surface area contributed by atoms with Gasteiger partial charge in [-0.25, -0.2) is 0 Å². The van der Waals surface area contributed by atoms with Gasteiger partial charge >= 0.3 is 0 Å². The van der Waals surface area contributed by atoms with E-state index in [1.165, 1.54) is 0 Å². The van der Waals surface area contributed by atoms with E-state index in [1.54, 1.807) is 0 Å². The van der Waals surface area contributed by atoms with Crippen LogP contribution < -0.4 is 0 Å². The Hall–Kier alpha value is -0.420. The van der Waals surface area contributed by atoms with Gasteiger partial charge in [0, 0.05) is 5.33 Å². The molecule has 0 saturated carbocycles. The zero-order chi connectivity index (χ0) is 11.6. The number of ether oxygens (including phenoxy) is 2. The highest BCUT2D eigenvalue weighted by atomic mass is 79.9. The van der Waals surface area contributed by atoms with Crippen LogP contribution in [0.4, 0.5) is 0 Å². The Kier molecular flexibility index (Phi) is 7.42. The molecule has 0 aliphatic rings. The molecule has 16 heavy (non-hydrogen) atoms. The highest BCUT2D eigenvalue weighted by molar-refractivity contribution is 9.09. The van der Waals surface area contributed by atoms with E-state index in [2.05, 4.69) is 15.9 Å².